The van der Waals surface area contributed by atoms with E-state index in [0.717, 1.165) is 25.8 Å². The summed E-state index contributed by atoms with van der Waals surface area (Å²) in [6.45, 7) is 1.39. The van der Waals surface area contributed by atoms with Gasteiger partial charge in [-0.1, -0.05) is 18.0 Å². The maximum absolute atomic E-state index is 12.4. The third-order valence-electron chi connectivity index (χ3n) is 3.75. The largest absolute Gasteiger partial charge is 0.398 e. The van der Waals surface area contributed by atoms with Gasteiger partial charge in [-0.2, -0.15) is 0 Å². The topological polar surface area (TPSA) is 75.4 Å². The number of likely N-dealkylation sites (N-methyl/N-ethyl adjacent to an activating group) is 1. The van der Waals surface area contributed by atoms with Crippen LogP contribution in [0.1, 0.15) is 19.3 Å². The fraction of sp³-hybridized carbons (Fsp3) is 0.538. The monoisotopic (exact) mass is 395 g/mol. The maximum atomic E-state index is 12.4. The molecular formula is C13H19BrClN3O2S. The van der Waals surface area contributed by atoms with Crippen LogP contribution in [0.2, 0.25) is 5.02 Å². The second-order valence-electron chi connectivity index (χ2n) is 5.29. The average molecular weight is 397 g/mol. The number of likely N-dealkylation sites (tertiary alicyclic amines) is 1. The van der Waals surface area contributed by atoms with Crippen LogP contribution >= 0.6 is 27.5 Å². The minimum Gasteiger partial charge on any atom is -0.398 e. The molecule has 8 heteroatoms. The van der Waals surface area contributed by atoms with Gasteiger partial charge < -0.3 is 10.6 Å². The molecule has 2 rings (SSSR count). The number of halogens is 2. The van der Waals surface area contributed by atoms with E-state index in [-0.39, 0.29) is 10.9 Å². The van der Waals surface area contributed by atoms with Crippen LogP contribution in [0.4, 0.5) is 5.69 Å². The normalized spacial score (nSPS) is 20.6. The van der Waals surface area contributed by atoms with Crippen molar-refractivity contribution in [3.63, 3.8) is 0 Å². The molecule has 0 bridgehead atoms. The molecule has 1 aliphatic rings. The lowest BCUT2D eigenvalue weighted by atomic mass is 10.0. The Labute approximate surface area is 139 Å². The lowest BCUT2D eigenvalue weighted by Crippen LogP contribution is -2.44. The van der Waals surface area contributed by atoms with E-state index in [1.54, 1.807) is 0 Å². The van der Waals surface area contributed by atoms with Crippen LogP contribution in [0, 0.1) is 0 Å². The number of sulfonamides is 1. The first-order valence-corrected chi connectivity index (χ1v) is 9.41. The number of hydrogen-bond acceptors (Lipinski definition) is 4. The van der Waals surface area contributed by atoms with Crippen LogP contribution in [-0.4, -0.2) is 39.5 Å². The molecule has 1 aliphatic heterocycles. The third kappa shape index (κ3) is 4.10. The van der Waals surface area contributed by atoms with Crippen LogP contribution in [0.3, 0.4) is 0 Å². The number of rotatable bonds is 4. The quantitative estimate of drug-likeness (QED) is 0.767. The van der Waals surface area contributed by atoms with E-state index in [0.29, 0.717) is 21.7 Å². The second-order valence-corrected chi connectivity index (χ2v) is 8.25. The number of nitrogens with two attached hydrogens (primary N) is 1. The van der Waals surface area contributed by atoms with Crippen molar-refractivity contribution in [1.29, 1.82) is 0 Å². The molecule has 1 unspecified atom stereocenters. The first-order valence-electron chi connectivity index (χ1n) is 6.75. The number of hydrogen-bond donors (Lipinski definition) is 2. The minimum atomic E-state index is -3.65. The highest BCUT2D eigenvalue weighted by atomic mass is 79.9. The molecule has 1 fully saturated rings. The Bertz CT molecular complexity index is 624. The summed E-state index contributed by atoms with van der Waals surface area (Å²) in [6, 6.07) is 3.14. The van der Waals surface area contributed by atoms with Gasteiger partial charge >= 0.3 is 0 Å². The van der Waals surface area contributed by atoms with E-state index >= 15 is 0 Å². The van der Waals surface area contributed by atoms with Gasteiger partial charge in [0.2, 0.25) is 10.0 Å². The fourth-order valence-corrected chi connectivity index (χ4v) is 4.83. The third-order valence-corrected chi connectivity index (χ3v) is 6.57. The van der Waals surface area contributed by atoms with Gasteiger partial charge in [0.1, 0.15) is 0 Å². The number of nitrogens with zero attached hydrogens (tertiary/aromatic N) is 1. The molecule has 118 valence electrons. The molecule has 21 heavy (non-hydrogen) atoms. The highest BCUT2D eigenvalue weighted by Gasteiger charge is 2.24. The van der Waals surface area contributed by atoms with Gasteiger partial charge in [0.25, 0.3) is 0 Å². The van der Waals surface area contributed by atoms with Crippen molar-refractivity contribution in [2.24, 2.45) is 0 Å². The average Bonchev–Trinajstić information content (AvgIpc) is 2.42. The molecule has 1 aromatic carbocycles. The summed E-state index contributed by atoms with van der Waals surface area (Å²) in [4.78, 5) is 2.26. The Morgan fingerprint density at radius 2 is 2.19 bits per heavy atom. The highest BCUT2D eigenvalue weighted by Crippen LogP contribution is 2.31. The molecule has 0 aromatic heterocycles. The SMILES string of the molecule is CN1CCCCC1CNS(=O)(=O)c1cc(Cl)cc(N)c1Br. The van der Waals surface area contributed by atoms with Crippen LogP contribution in [0.5, 0.6) is 0 Å². The molecule has 0 radical (unpaired) electrons. The van der Waals surface area contributed by atoms with Crippen LogP contribution in [0.25, 0.3) is 0 Å². The van der Waals surface area contributed by atoms with E-state index in [1.807, 2.05) is 7.05 Å². The minimum absolute atomic E-state index is 0.0750. The van der Waals surface area contributed by atoms with Crippen molar-refractivity contribution in [2.45, 2.75) is 30.2 Å². The van der Waals surface area contributed by atoms with Gasteiger partial charge in [-0.25, -0.2) is 13.1 Å². The Morgan fingerprint density at radius 3 is 2.86 bits per heavy atom. The highest BCUT2D eigenvalue weighted by molar-refractivity contribution is 9.10. The molecule has 5 nitrogen and oxygen atoms in total. The maximum Gasteiger partial charge on any atom is 0.241 e. The summed E-state index contributed by atoms with van der Waals surface area (Å²) in [7, 11) is -1.63. The molecule has 1 atom stereocenters. The molecule has 0 saturated carbocycles. The van der Waals surface area contributed by atoms with Crippen molar-refractivity contribution in [3.05, 3.63) is 21.6 Å². The second kappa shape index (κ2) is 6.83. The van der Waals surface area contributed by atoms with Gasteiger partial charge in [0, 0.05) is 23.3 Å². The summed E-state index contributed by atoms with van der Waals surface area (Å²) < 4.78 is 27.9. The van der Waals surface area contributed by atoms with Crippen molar-refractivity contribution in [3.8, 4) is 0 Å². The van der Waals surface area contributed by atoms with Crippen molar-refractivity contribution in [2.75, 3.05) is 25.9 Å². The van der Waals surface area contributed by atoms with Crippen molar-refractivity contribution >= 4 is 43.2 Å². The Kier molecular flexibility index (Phi) is 5.54. The van der Waals surface area contributed by atoms with Crippen molar-refractivity contribution < 1.29 is 8.42 Å². The zero-order chi connectivity index (χ0) is 15.6. The summed E-state index contributed by atoms with van der Waals surface area (Å²) >= 11 is 9.11. The van der Waals surface area contributed by atoms with E-state index in [1.165, 1.54) is 12.1 Å². The Balaban J connectivity index is 2.15. The van der Waals surface area contributed by atoms with Gasteiger partial charge in [-0.3, -0.25) is 0 Å². The standard InChI is InChI=1S/C13H19BrClN3O2S/c1-18-5-3-2-4-10(18)8-17-21(19,20)12-7-9(15)6-11(16)13(12)14/h6-7,10,17H,2-5,8,16H2,1H3. The van der Waals surface area contributed by atoms with Crippen LogP contribution < -0.4 is 10.5 Å². The molecular weight excluding hydrogens is 378 g/mol. The zero-order valence-corrected chi connectivity index (χ0v) is 14.9. The molecule has 1 saturated heterocycles. The number of benzene rings is 1. The van der Waals surface area contributed by atoms with Gasteiger partial charge in [0.05, 0.1) is 9.37 Å². The molecule has 3 N–H and O–H groups in total. The van der Waals surface area contributed by atoms with E-state index < -0.39 is 10.0 Å². The number of piperidine rings is 1. The van der Waals surface area contributed by atoms with E-state index in [4.69, 9.17) is 17.3 Å². The lowest BCUT2D eigenvalue weighted by Gasteiger charge is -2.32. The Morgan fingerprint density at radius 1 is 1.48 bits per heavy atom. The molecule has 0 spiro atoms. The van der Waals surface area contributed by atoms with Crippen molar-refractivity contribution in [1.82, 2.24) is 9.62 Å². The predicted molar refractivity (Wildman–Crippen MR) is 89.0 cm³/mol. The number of nitrogens with one attached hydrogen (secondary N) is 1. The zero-order valence-electron chi connectivity index (χ0n) is 11.8. The summed E-state index contributed by atoms with van der Waals surface area (Å²) in [6.07, 6.45) is 3.29. The lowest BCUT2D eigenvalue weighted by molar-refractivity contribution is 0.187. The molecule has 1 heterocycles. The molecule has 0 amide bonds. The van der Waals surface area contributed by atoms with Gasteiger partial charge in [0.15, 0.2) is 0 Å². The van der Waals surface area contributed by atoms with Crippen LogP contribution in [-0.2, 0) is 10.0 Å². The Hall–Kier alpha value is -0.340. The summed E-state index contributed by atoms with van der Waals surface area (Å²) in [5.74, 6) is 0. The molecule has 0 aliphatic carbocycles. The van der Waals surface area contributed by atoms with Gasteiger partial charge in [-0.15, -0.1) is 0 Å². The number of anilines is 1. The van der Waals surface area contributed by atoms with Crippen LogP contribution in [0.15, 0.2) is 21.5 Å². The predicted octanol–water partition coefficient (Wildman–Crippen LogP) is 2.45. The molecule has 1 aromatic rings. The van der Waals surface area contributed by atoms with Gasteiger partial charge in [-0.05, 0) is 54.5 Å². The summed E-state index contributed by atoms with van der Waals surface area (Å²) in [5, 5.41) is 0.297. The van der Waals surface area contributed by atoms with E-state index in [2.05, 4.69) is 25.6 Å². The number of nitrogen functional groups attached to an aromatic ring is 1. The van der Waals surface area contributed by atoms with E-state index in [9.17, 15) is 8.42 Å². The smallest absolute Gasteiger partial charge is 0.241 e. The fourth-order valence-electron chi connectivity index (χ4n) is 2.47. The summed E-state index contributed by atoms with van der Waals surface area (Å²) in [5.41, 5.74) is 6.05. The first kappa shape index (κ1) is 17.0. The first-order chi connectivity index (χ1) is 9.81.